The second-order valence-electron chi connectivity index (χ2n) is 6.49. The molecule has 1 aliphatic heterocycles. The van der Waals surface area contributed by atoms with Crippen LogP contribution < -0.4 is 10.5 Å². The van der Waals surface area contributed by atoms with Crippen molar-refractivity contribution in [2.24, 2.45) is 7.05 Å². The molecule has 6 heteroatoms. The molecule has 0 amide bonds. The summed E-state index contributed by atoms with van der Waals surface area (Å²) in [7, 11) is 1.78. The molecule has 3 heterocycles. The van der Waals surface area contributed by atoms with Crippen LogP contribution in [0.1, 0.15) is 12.0 Å². The first-order chi connectivity index (χ1) is 13.1. The van der Waals surface area contributed by atoms with Crippen LogP contribution in [-0.4, -0.2) is 27.6 Å². The maximum atomic E-state index is 12.5. The average Bonchev–Trinajstić information content (AvgIpc) is 2.71. The molecule has 0 saturated heterocycles. The van der Waals surface area contributed by atoms with Gasteiger partial charge >= 0.3 is 0 Å². The van der Waals surface area contributed by atoms with Crippen molar-refractivity contribution in [2.45, 2.75) is 6.42 Å². The first kappa shape index (κ1) is 17.7. The molecule has 0 unspecified atom stereocenters. The van der Waals surface area contributed by atoms with Gasteiger partial charge in [-0.2, -0.15) is 0 Å². The predicted octanol–water partition coefficient (Wildman–Crippen LogP) is 3.90. The molecule has 5 nitrogen and oxygen atoms in total. The highest BCUT2D eigenvalue weighted by atomic mass is 79.9. The van der Waals surface area contributed by atoms with Crippen LogP contribution >= 0.6 is 15.9 Å². The fraction of sp³-hybridized carbons (Fsp3) is 0.190. The molecule has 1 aliphatic rings. The minimum absolute atomic E-state index is 0.0659. The Hall–Kier alpha value is -2.73. The van der Waals surface area contributed by atoms with Crippen molar-refractivity contribution >= 4 is 27.5 Å². The van der Waals surface area contributed by atoms with Crippen LogP contribution in [0.5, 0.6) is 0 Å². The Balaban J connectivity index is 1.72. The topological polar surface area (TPSA) is 51.0 Å². The van der Waals surface area contributed by atoms with Gasteiger partial charge < -0.3 is 4.90 Å². The Morgan fingerprint density at radius 2 is 1.89 bits per heavy atom. The van der Waals surface area contributed by atoms with Crippen LogP contribution in [0.15, 0.2) is 70.2 Å². The normalized spacial score (nSPS) is 14.1. The Morgan fingerprint density at radius 1 is 1.11 bits per heavy atom. The summed E-state index contributed by atoms with van der Waals surface area (Å²) in [5.41, 5.74) is 3.91. The fourth-order valence-electron chi connectivity index (χ4n) is 3.31. The Labute approximate surface area is 166 Å². The van der Waals surface area contributed by atoms with Gasteiger partial charge in [0.05, 0.1) is 5.69 Å². The summed E-state index contributed by atoms with van der Waals surface area (Å²) in [6.45, 7) is 1.54. The lowest BCUT2D eigenvalue weighted by atomic mass is 10.0. The Kier molecular flexibility index (Phi) is 4.90. The second kappa shape index (κ2) is 7.48. The summed E-state index contributed by atoms with van der Waals surface area (Å²) in [4.78, 5) is 23.5. The third-order valence-electron chi connectivity index (χ3n) is 4.74. The number of benzene rings is 1. The number of halogens is 1. The van der Waals surface area contributed by atoms with E-state index in [0.29, 0.717) is 18.2 Å². The second-order valence-corrected chi connectivity index (χ2v) is 7.35. The van der Waals surface area contributed by atoms with Crippen LogP contribution in [0.3, 0.4) is 0 Å². The highest BCUT2D eigenvalue weighted by Crippen LogP contribution is 2.29. The number of pyridine rings is 1. The van der Waals surface area contributed by atoms with Crippen molar-refractivity contribution in [1.82, 2.24) is 14.5 Å². The van der Waals surface area contributed by atoms with Gasteiger partial charge in [0, 0.05) is 48.6 Å². The molecule has 0 spiro atoms. The third kappa shape index (κ3) is 3.57. The molecule has 0 saturated carbocycles. The molecule has 0 aliphatic carbocycles. The lowest BCUT2D eigenvalue weighted by molar-refractivity contribution is 0.727. The quantitative estimate of drug-likeness (QED) is 0.642. The van der Waals surface area contributed by atoms with Gasteiger partial charge in [-0.15, -0.1) is 0 Å². The number of nitrogens with zero attached hydrogens (tertiary/aromatic N) is 4. The largest absolute Gasteiger partial charge is 0.338 e. The summed E-state index contributed by atoms with van der Waals surface area (Å²) in [6, 6.07) is 13.5. The first-order valence-corrected chi connectivity index (χ1v) is 9.60. The van der Waals surface area contributed by atoms with Gasteiger partial charge in [0.15, 0.2) is 0 Å². The van der Waals surface area contributed by atoms with Crippen molar-refractivity contribution < 1.29 is 0 Å². The number of aromatic nitrogens is 3. The van der Waals surface area contributed by atoms with Crippen molar-refractivity contribution in [3.8, 4) is 11.3 Å². The monoisotopic (exact) mass is 422 g/mol. The summed E-state index contributed by atoms with van der Waals surface area (Å²) in [5, 5.41) is 0. The van der Waals surface area contributed by atoms with Crippen molar-refractivity contribution in [1.29, 1.82) is 0 Å². The highest BCUT2D eigenvalue weighted by molar-refractivity contribution is 9.10. The van der Waals surface area contributed by atoms with Crippen LogP contribution in [-0.2, 0) is 7.05 Å². The number of rotatable bonds is 3. The minimum atomic E-state index is -0.0659. The molecule has 4 rings (SSSR count). The predicted molar refractivity (Wildman–Crippen MR) is 112 cm³/mol. The van der Waals surface area contributed by atoms with E-state index in [2.05, 4.69) is 38.0 Å². The lowest BCUT2D eigenvalue weighted by Gasteiger charge is -2.30. The molecule has 27 heavy (non-hydrogen) atoms. The molecule has 2 aromatic heterocycles. The Morgan fingerprint density at radius 3 is 2.67 bits per heavy atom. The summed E-state index contributed by atoms with van der Waals surface area (Å²) >= 11 is 3.64. The third-order valence-corrected chi connectivity index (χ3v) is 5.43. The standard InChI is InChI=1S/C21H19BrN4O/c1-25-20(27)13-19(15-8-10-23-11-9-15)24-21(25)26-12-4-5-16(14-26)17-6-2-3-7-18(17)22/h2-3,5-11,13H,4,12,14H2,1H3. The lowest BCUT2D eigenvalue weighted by Crippen LogP contribution is -2.35. The van der Waals surface area contributed by atoms with Gasteiger partial charge in [0.1, 0.15) is 0 Å². The van der Waals surface area contributed by atoms with Gasteiger partial charge in [0.2, 0.25) is 5.95 Å². The van der Waals surface area contributed by atoms with Gasteiger partial charge in [0.25, 0.3) is 5.56 Å². The zero-order chi connectivity index (χ0) is 18.8. The molecule has 0 bridgehead atoms. The molecule has 1 aromatic carbocycles. The van der Waals surface area contributed by atoms with E-state index in [1.54, 1.807) is 30.1 Å². The summed E-state index contributed by atoms with van der Waals surface area (Å²) in [5.74, 6) is 0.687. The maximum absolute atomic E-state index is 12.5. The first-order valence-electron chi connectivity index (χ1n) is 8.81. The zero-order valence-corrected chi connectivity index (χ0v) is 16.6. The van der Waals surface area contributed by atoms with E-state index in [0.717, 1.165) is 23.0 Å². The molecule has 0 radical (unpaired) electrons. The number of hydrogen-bond acceptors (Lipinski definition) is 4. The minimum Gasteiger partial charge on any atom is -0.338 e. The highest BCUT2D eigenvalue weighted by Gasteiger charge is 2.20. The zero-order valence-electron chi connectivity index (χ0n) is 15.0. The van der Waals surface area contributed by atoms with Gasteiger partial charge in [-0.3, -0.25) is 14.3 Å². The average molecular weight is 423 g/mol. The van der Waals surface area contributed by atoms with Crippen molar-refractivity contribution in [3.05, 3.63) is 81.3 Å². The molecule has 3 aromatic rings. The van der Waals surface area contributed by atoms with E-state index >= 15 is 0 Å². The molecular formula is C21H19BrN4O. The number of anilines is 1. The number of hydrogen-bond donors (Lipinski definition) is 0. The van der Waals surface area contributed by atoms with Crippen LogP contribution in [0.4, 0.5) is 5.95 Å². The molecule has 0 fully saturated rings. The fourth-order valence-corrected chi connectivity index (χ4v) is 3.85. The molecule has 136 valence electrons. The maximum Gasteiger partial charge on any atom is 0.255 e. The van der Waals surface area contributed by atoms with Crippen molar-refractivity contribution in [3.63, 3.8) is 0 Å². The molecule has 0 atom stereocenters. The van der Waals surface area contributed by atoms with Crippen molar-refractivity contribution in [2.75, 3.05) is 18.0 Å². The van der Waals surface area contributed by atoms with Gasteiger partial charge in [-0.05, 0) is 35.8 Å². The van der Waals surface area contributed by atoms with Crippen LogP contribution in [0.25, 0.3) is 16.8 Å². The van der Waals surface area contributed by atoms with E-state index < -0.39 is 0 Å². The van der Waals surface area contributed by atoms with E-state index in [1.807, 2.05) is 30.3 Å². The summed E-state index contributed by atoms with van der Waals surface area (Å²) < 4.78 is 2.69. The van der Waals surface area contributed by atoms with E-state index in [1.165, 1.54) is 11.1 Å². The smallest absolute Gasteiger partial charge is 0.255 e. The van der Waals surface area contributed by atoms with Gasteiger partial charge in [-0.25, -0.2) is 4.98 Å². The van der Waals surface area contributed by atoms with E-state index in [4.69, 9.17) is 4.98 Å². The molecule has 0 N–H and O–H groups in total. The van der Waals surface area contributed by atoms with E-state index in [9.17, 15) is 4.79 Å². The Bertz CT molecular complexity index is 1060. The SMILES string of the molecule is Cn1c(N2CCC=C(c3ccccc3Br)C2)nc(-c2ccncc2)cc1=O. The summed E-state index contributed by atoms with van der Waals surface area (Å²) in [6.07, 6.45) is 6.60. The molecular weight excluding hydrogens is 404 g/mol. The van der Waals surface area contributed by atoms with Crippen LogP contribution in [0.2, 0.25) is 0 Å². The van der Waals surface area contributed by atoms with Crippen LogP contribution in [0, 0.1) is 0 Å². The van der Waals surface area contributed by atoms with E-state index in [-0.39, 0.29) is 5.56 Å². The van der Waals surface area contributed by atoms with Gasteiger partial charge in [-0.1, -0.05) is 40.2 Å².